The molecule has 0 spiro atoms. The number of benzene rings is 1. The Labute approximate surface area is 129 Å². The van der Waals surface area contributed by atoms with Crippen LogP contribution in [0.25, 0.3) is 0 Å². The molecule has 0 aliphatic carbocycles. The van der Waals surface area contributed by atoms with Crippen LogP contribution in [0.3, 0.4) is 0 Å². The molecule has 0 radical (unpaired) electrons. The van der Waals surface area contributed by atoms with Gasteiger partial charge < -0.3 is 15.0 Å². The smallest absolute Gasteiger partial charge is 0.121 e. The van der Waals surface area contributed by atoms with Crippen LogP contribution < -0.4 is 15.0 Å². The van der Waals surface area contributed by atoms with Gasteiger partial charge in [-0.25, -0.2) is 0 Å². The van der Waals surface area contributed by atoms with Crippen molar-refractivity contribution >= 4 is 21.6 Å². The Bertz CT molecular complexity index is 466. The van der Waals surface area contributed by atoms with Crippen molar-refractivity contribution in [2.45, 2.75) is 50.7 Å². The van der Waals surface area contributed by atoms with Gasteiger partial charge in [0.05, 0.1) is 12.8 Å². The number of fused-ring (bicyclic) bond motifs is 2. The number of rotatable bonds is 4. The van der Waals surface area contributed by atoms with Gasteiger partial charge in [-0.3, -0.25) is 0 Å². The van der Waals surface area contributed by atoms with E-state index in [1.54, 1.807) is 7.11 Å². The molecule has 1 aromatic carbocycles. The van der Waals surface area contributed by atoms with Gasteiger partial charge in [-0.1, -0.05) is 6.92 Å². The van der Waals surface area contributed by atoms with Crippen molar-refractivity contribution in [1.82, 2.24) is 5.32 Å². The fraction of sp³-hybridized carbons (Fsp3) is 0.625. The predicted octanol–water partition coefficient (Wildman–Crippen LogP) is 3.57. The highest BCUT2D eigenvalue weighted by Gasteiger charge is 2.41. The second kappa shape index (κ2) is 5.94. The monoisotopic (exact) mass is 338 g/mol. The van der Waals surface area contributed by atoms with Crippen molar-refractivity contribution in [2.75, 3.05) is 18.6 Å². The zero-order chi connectivity index (χ0) is 14.1. The maximum absolute atomic E-state index is 5.39. The van der Waals surface area contributed by atoms with Gasteiger partial charge in [0.1, 0.15) is 5.75 Å². The molecule has 2 unspecified atom stereocenters. The van der Waals surface area contributed by atoms with Crippen molar-refractivity contribution < 1.29 is 4.74 Å². The Morgan fingerprint density at radius 3 is 2.60 bits per heavy atom. The summed E-state index contributed by atoms with van der Waals surface area (Å²) < 4.78 is 6.57. The molecule has 3 rings (SSSR count). The number of anilines is 1. The number of methoxy groups -OCH3 is 1. The lowest BCUT2D eigenvalue weighted by Crippen LogP contribution is -2.49. The predicted molar refractivity (Wildman–Crippen MR) is 86.7 cm³/mol. The van der Waals surface area contributed by atoms with E-state index in [2.05, 4.69) is 45.2 Å². The Kier molecular flexibility index (Phi) is 4.22. The fourth-order valence-corrected chi connectivity index (χ4v) is 4.29. The number of piperidine rings is 1. The molecule has 4 heteroatoms. The molecular weight excluding hydrogens is 316 g/mol. The van der Waals surface area contributed by atoms with Crippen LogP contribution in [0, 0.1) is 0 Å². The minimum Gasteiger partial charge on any atom is -0.497 e. The van der Waals surface area contributed by atoms with E-state index in [0.717, 1.165) is 12.3 Å². The summed E-state index contributed by atoms with van der Waals surface area (Å²) in [7, 11) is 1.74. The molecule has 2 atom stereocenters. The molecule has 1 aromatic rings. The van der Waals surface area contributed by atoms with E-state index in [1.165, 1.54) is 35.8 Å². The second-order valence-corrected chi connectivity index (χ2v) is 6.69. The summed E-state index contributed by atoms with van der Waals surface area (Å²) in [6.45, 7) is 3.28. The highest BCUT2D eigenvalue weighted by Crippen LogP contribution is 2.43. The Morgan fingerprint density at radius 1 is 1.30 bits per heavy atom. The first kappa shape index (κ1) is 14.2. The number of hydrogen-bond donors (Lipinski definition) is 1. The maximum Gasteiger partial charge on any atom is 0.121 e. The molecular formula is C16H23BrN2O. The highest BCUT2D eigenvalue weighted by atomic mass is 79.9. The Morgan fingerprint density at radius 2 is 2.00 bits per heavy atom. The zero-order valence-electron chi connectivity index (χ0n) is 12.2. The minimum atomic E-state index is 0.668. The average Bonchev–Trinajstić information content (AvgIpc) is 2.71. The summed E-state index contributed by atoms with van der Waals surface area (Å²) in [5, 5.41) is 3.63. The van der Waals surface area contributed by atoms with E-state index >= 15 is 0 Å². The molecule has 3 nitrogen and oxygen atoms in total. The first-order valence-corrected chi connectivity index (χ1v) is 8.37. The number of ether oxygens (including phenoxy) is 1. The highest BCUT2D eigenvalue weighted by molar-refractivity contribution is 9.10. The van der Waals surface area contributed by atoms with E-state index in [1.807, 2.05) is 6.07 Å². The van der Waals surface area contributed by atoms with Crippen LogP contribution in [0.5, 0.6) is 5.75 Å². The van der Waals surface area contributed by atoms with Gasteiger partial charge in [0.25, 0.3) is 0 Å². The lowest BCUT2D eigenvalue weighted by Gasteiger charge is -2.41. The van der Waals surface area contributed by atoms with Gasteiger partial charge in [-0.15, -0.1) is 0 Å². The van der Waals surface area contributed by atoms with Crippen molar-refractivity contribution in [3.63, 3.8) is 0 Å². The Balaban J connectivity index is 1.85. The molecule has 2 aliphatic heterocycles. The molecule has 1 N–H and O–H groups in total. The molecule has 2 heterocycles. The normalized spacial score (nSPS) is 28.8. The summed E-state index contributed by atoms with van der Waals surface area (Å²) in [5.74, 6) is 0.941. The number of hydrogen-bond acceptors (Lipinski definition) is 3. The van der Waals surface area contributed by atoms with Gasteiger partial charge in [0, 0.05) is 28.7 Å². The van der Waals surface area contributed by atoms with Gasteiger partial charge in [0.15, 0.2) is 0 Å². The lowest BCUT2D eigenvalue weighted by atomic mass is 9.96. The summed E-state index contributed by atoms with van der Waals surface area (Å²) in [5.41, 5.74) is 1.30. The van der Waals surface area contributed by atoms with E-state index in [4.69, 9.17) is 4.74 Å². The largest absolute Gasteiger partial charge is 0.497 e. The molecule has 0 amide bonds. The van der Waals surface area contributed by atoms with E-state index in [-0.39, 0.29) is 0 Å². The number of nitrogens with zero attached hydrogens (tertiary/aromatic N) is 1. The molecule has 20 heavy (non-hydrogen) atoms. The van der Waals surface area contributed by atoms with Crippen LogP contribution in [0.2, 0.25) is 0 Å². The molecule has 2 fully saturated rings. The van der Waals surface area contributed by atoms with Crippen LogP contribution in [0.1, 0.15) is 32.6 Å². The second-order valence-electron chi connectivity index (χ2n) is 5.84. The zero-order valence-corrected chi connectivity index (χ0v) is 13.8. The number of nitrogens with one attached hydrogen (secondary N) is 1. The van der Waals surface area contributed by atoms with Crippen LogP contribution >= 0.6 is 15.9 Å². The summed E-state index contributed by atoms with van der Waals surface area (Å²) in [6, 6.07) is 8.31. The minimum absolute atomic E-state index is 0.668. The average molecular weight is 339 g/mol. The third-order valence-corrected chi connectivity index (χ3v) is 5.33. The summed E-state index contributed by atoms with van der Waals surface area (Å²) in [6.07, 6.45) is 5.15. The Hall–Kier alpha value is -0.740. The third-order valence-electron chi connectivity index (χ3n) is 4.66. The van der Waals surface area contributed by atoms with Crippen molar-refractivity contribution in [3.05, 3.63) is 22.7 Å². The van der Waals surface area contributed by atoms with Gasteiger partial charge in [-0.2, -0.15) is 0 Å². The third kappa shape index (κ3) is 2.56. The standard InChI is InChI=1S/C16H23BrN2O/c1-3-18-11-8-12-4-5-13(9-11)19(12)16-10-14(20-2)6-7-15(16)17/h6-7,10-13,18H,3-5,8-9H2,1-2H3. The van der Waals surface area contributed by atoms with E-state index in [9.17, 15) is 0 Å². The first-order chi connectivity index (χ1) is 9.72. The van der Waals surface area contributed by atoms with Gasteiger partial charge in [0.2, 0.25) is 0 Å². The fourth-order valence-electron chi connectivity index (χ4n) is 3.84. The summed E-state index contributed by atoms with van der Waals surface area (Å²) >= 11 is 3.71. The number of halogens is 1. The van der Waals surface area contributed by atoms with Crippen molar-refractivity contribution in [3.8, 4) is 5.75 Å². The topological polar surface area (TPSA) is 24.5 Å². The van der Waals surface area contributed by atoms with Crippen LogP contribution in [-0.4, -0.2) is 31.8 Å². The van der Waals surface area contributed by atoms with Crippen LogP contribution in [0.15, 0.2) is 22.7 Å². The van der Waals surface area contributed by atoms with E-state index in [0.29, 0.717) is 18.1 Å². The SMILES string of the molecule is CCNC1CC2CCC(C1)N2c1cc(OC)ccc1Br. The summed E-state index contributed by atoms with van der Waals surface area (Å²) in [4.78, 5) is 2.63. The molecule has 2 bridgehead atoms. The van der Waals surface area contributed by atoms with Gasteiger partial charge in [-0.05, 0) is 60.3 Å². The van der Waals surface area contributed by atoms with Crippen LogP contribution in [-0.2, 0) is 0 Å². The van der Waals surface area contributed by atoms with E-state index < -0.39 is 0 Å². The van der Waals surface area contributed by atoms with Crippen LogP contribution in [0.4, 0.5) is 5.69 Å². The quantitative estimate of drug-likeness (QED) is 0.908. The maximum atomic E-state index is 5.39. The lowest BCUT2D eigenvalue weighted by molar-refractivity contribution is 0.360. The van der Waals surface area contributed by atoms with Crippen molar-refractivity contribution in [1.29, 1.82) is 0 Å². The van der Waals surface area contributed by atoms with Gasteiger partial charge >= 0.3 is 0 Å². The van der Waals surface area contributed by atoms with Crippen molar-refractivity contribution in [2.24, 2.45) is 0 Å². The molecule has 0 saturated carbocycles. The molecule has 2 aliphatic rings. The molecule has 2 saturated heterocycles. The first-order valence-electron chi connectivity index (χ1n) is 7.58. The molecule has 110 valence electrons. The molecule has 0 aromatic heterocycles.